The second-order valence-electron chi connectivity index (χ2n) is 4.04. The van der Waals surface area contributed by atoms with Crippen molar-refractivity contribution in [3.8, 4) is 0 Å². The van der Waals surface area contributed by atoms with Crippen LogP contribution in [-0.4, -0.2) is 5.78 Å². The van der Waals surface area contributed by atoms with Crippen molar-refractivity contribution in [1.82, 2.24) is 0 Å². The Morgan fingerprint density at radius 3 is 2.39 bits per heavy atom. The quantitative estimate of drug-likeness (QED) is 0.586. The zero-order valence-corrected chi connectivity index (χ0v) is 10.1. The maximum atomic E-state index is 13.1. The van der Waals surface area contributed by atoms with E-state index in [1.165, 1.54) is 19.1 Å². The highest BCUT2D eigenvalue weighted by Crippen LogP contribution is 2.19. The van der Waals surface area contributed by atoms with E-state index in [0.29, 0.717) is 11.1 Å². The maximum absolute atomic E-state index is 13.1. The van der Waals surface area contributed by atoms with E-state index in [9.17, 15) is 9.18 Å². The number of allylic oxidation sites excluding steroid dienone is 1. The average Bonchev–Trinajstić information content (AvgIpc) is 2.37. The van der Waals surface area contributed by atoms with E-state index in [0.717, 1.165) is 5.56 Å². The molecule has 0 aliphatic carbocycles. The van der Waals surface area contributed by atoms with E-state index < -0.39 is 0 Å². The third-order valence-electron chi connectivity index (χ3n) is 2.62. The van der Waals surface area contributed by atoms with E-state index in [1.54, 1.807) is 18.2 Å². The van der Waals surface area contributed by atoms with Crippen molar-refractivity contribution in [2.45, 2.75) is 6.92 Å². The zero-order valence-electron chi connectivity index (χ0n) is 10.1. The number of carbonyl (C=O) groups excluding carboxylic acids is 1. The molecule has 90 valence electrons. The molecule has 0 radical (unpaired) electrons. The summed E-state index contributed by atoms with van der Waals surface area (Å²) >= 11 is 0. The van der Waals surface area contributed by atoms with Crippen LogP contribution in [0.5, 0.6) is 0 Å². The lowest BCUT2D eigenvalue weighted by Gasteiger charge is -2.04. The number of Topliss-reactive ketones (excluding diaryl/α,β-unsaturated/α-hetero) is 1. The number of ketones is 1. The van der Waals surface area contributed by atoms with Gasteiger partial charge in [-0.3, -0.25) is 4.79 Å². The number of halogens is 1. The van der Waals surface area contributed by atoms with Crippen molar-refractivity contribution in [3.05, 3.63) is 71.5 Å². The van der Waals surface area contributed by atoms with E-state index in [1.807, 2.05) is 30.3 Å². The maximum Gasteiger partial charge on any atom is 0.160 e. The molecule has 2 rings (SSSR count). The first-order chi connectivity index (χ1) is 8.66. The first-order valence-electron chi connectivity index (χ1n) is 5.70. The van der Waals surface area contributed by atoms with Crippen LogP contribution in [0.1, 0.15) is 18.1 Å². The van der Waals surface area contributed by atoms with Crippen LogP contribution in [0.3, 0.4) is 0 Å². The van der Waals surface area contributed by atoms with Crippen molar-refractivity contribution in [2.75, 3.05) is 0 Å². The molecule has 0 saturated heterocycles. The highest BCUT2D eigenvalue weighted by atomic mass is 19.1. The van der Waals surface area contributed by atoms with Crippen molar-refractivity contribution >= 4 is 17.4 Å². The average molecular weight is 240 g/mol. The Morgan fingerprint density at radius 1 is 1.06 bits per heavy atom. The molecule has 2 heteroatoms. The molecule has 0 heterocycles. The van der Waals surface area contributed by atoms with Crippen molar-refractivity contribution in [1.29, 1.82) is 0 Å². The smallest absolute Gasteiger partial charge is 0.160 e. The lowest BCUT2D eigenvalue weighted by Crippen LogP contribution is -1.95. The molecule has 0 spiro atoms. The minimum absolute atomic E-state index is 0.0366. The number of hydrogen-bond donors (Lipinski definition) is 0. The largest absolute Gasteiger partial charge is 0.294 e. The van der Waals surface area contributed by atoms with Crippen molar-refractivity contribution < 1.29 is 9.18 Å². The molecule has 0 bridgehead atoms. The van der Waals surface area contributed by atoms with Crippen LogP contribution in [0.15, 0.2) is 54.6 Å². The standard InChI is InChI=1S/C16H13FO/c1-12(18)16(14-7-3-2-4-8-14)11-13-6-5-9-15(17)10-13/h2-11H,1H3/b16-11+. The van der Waals surface area contributed by atoms with Gasteiger partial charge in [0, 0.05) is 5.57 Å². The van der Waals surface area contributed by atoms with Gasteiger partial charge in [-0.05, 0) is 36.3 Å². The Bertz CT molecular complexity index is 585. The lowest BCUT2D eigenvalue weighted by atomic mass is 10.00. The summed E-state index contributed by atoms with van der Waals surface area (Å²) in [5, 5.41) is 0. The normalized spacial score (nSPS) is 11.3. The van der Waals surface area contributed by atoms with Crippen LogP contribution in [0.25, 0.3) is 11.6 Å². The summed E-state index contributed by atoms with van der Waals surface area (Å²) in [6, 6.07) is 15.6. The van der Waals surface area contributed by atoms with E-state index in [4.69, 9.17) is 0 Å². The van der Waals surface area contributed by atoms with Gasteiger partial charge in [0.25, 0.3) is 0 Å². The number of carbonyl (C=O) groups is 1. The highest BCUT2D eigenvalue weighted by molar-refractivity contribution is 6.24. The molecule has 2 aromatic carbocycles. The topological polar surface area (TPSA) is 17.1 Å². The summed E-state index contributed by atoms with van der Waals surface area (Å²) in [5.74, 6) is -0.342. The minimum Gasteiger partial charge on any atom is -0.294 e. The van der Waals surface area contributed by atoms with Crippen molar-refractivity contribution in [2.24, 2.45) is 0 Å². The Hall–Kier alpha value is -2.22. The molecule has 0 aliphatic heterocycles. The van der Waals surface area contributed by atoms with E-state index in [-0.39, 0.29) is 11.6 Å². The number of benzene rings is 2. The molecular formula is C16H13FO. The van der Waals surface area contributed by atoms with Crippen LogP contribution >= 0.6 is 0 Å². The van der Waals surface area contributed by atoms with Crippen LogP contribution in [0, 0.1) is 5.82 Å². The zero-order chi connectivity index (χ0) is 13.0. The van der Waals surface area contributed by atoms with Gasteiger partial charge in [-0.1, -0.05) is 42.5 Å². The molecule has 0 saturated carbocycles. The van der Waals surface area contributed by atoms with Crippen LogP contribution < -0.4 is 0 Å². The van der Waals surface area contributed by atoms with Gasteiger partial charge in [0.05, 0.1) is 0 Å². The van der Waals surface area contributed by atoms with Gasteiger partial charge in [0.1, 0.15) is 5.82 Å². The van der Waals surface area contributed by atoms with Gasteiger partial charge < -0.3 is 0 Å². The summed E-state index contributed by atoms with van der Waals surface area (Å²) in [6.07, 6.45) is 1.71. The molecule has 18 heavy (non-hydrogen) atoms. The van der Waals surface area contributed by atoms with Gasteiger partial charge in [0.2, 0.25) is 0 Å². The van der Waals surface area contributed by atoms with Gasteiger partial charge in [-0.2, -0.15) is 0 Å². The van der Waals surface area contributed by atoms with Gasteiger partial charge in [-0.15, -0.1) is 0 Å². The summed E-state index contributed by atoms with van der Waals surface area (Å²) in [5.41, 5.74) is 2.11. The predicted molar refractivity (Wildman–Crippen MR) is 71.4 cm³/mol. The first kappa shape index (κ1) is 12.2. The molecule has 0 N–H and O–H groups in total. The van der Waals surface area contributed by atoms with Gasteiger partial charge in [-0.25, -0.2) is 4.39 Å². The molecule has 0 atom stereocenters. The molecule has 0 unspecified atom stereocenters. The van der Waals surface area contributed by atoms with Gasteiger partial charge in [0.15, 0.2) is 5.78 Å². The summed E-state index contributed by atoms with van der Waals surface area (Å²) in [7, 11) is 0. The Labute approximate surface area is 106 Å². The highest BCUT2D eigenvalue weighted by Gasteiger charge is 2.06. The van der Waals surface area contributed by atoms with Crippen LogP contribution in [-0.2, 0) is 4.79 Å². The fraction of sp³-hybridized carbons (Fsp3) is 0.0625. The van der Waals surface area contributed by atoms with Gasteiger partial charge >= 0.3 is 0 Å². The van der Waals surface area contributed by atoms with E-state index >= 15 is 0 Å². The third-order valence-corrected chi connectivity index (χ3v) is 2.62. The lowest BCUT2D eigenvalue weighted by molar-refractivity contribution is -0.111. The molecule has 0 amide bonds. The fourth-order valence-electron chi connectivity index (χ4n) is 1.77. The Balaban J connectivity index is 2.46. The third kappa shape index (κ3) is 2.92. The summed E-state index contributed by atoms with van der Waals surface area (Å²) in [6.45, 7) is 1.51. The monoisotopic (exact) mass is 240 g/mol. The molecule has 0 aromatic heterocycles. The summed E-state index contributed by atoms with van der Waals surface area (Å²) < 4.78 is 13.1. The molecule has 1 nitrogen and oxygen atoms in total. The van der Waals surface area contributed by atoms with Crippen molar-refractivity contribution in [3.63, 3.8) is 0 Å². The first-order valence-corrected chi connectivity index (χ1v) is 5.70. The molecular weight excluding hydrogens is 227 g/mol. The second kappa shape index (κ2) is 5.41. The Kier molecular flexibility index (Phi) is 3.68. The second-order valence-corrected chi connectivity index (χ2v) is 4.04. The number of rotatable bonds is 3. The number of hydrogen-bond acceptors (Lipinski definition) is 1. The Morgan fingerprint density at radius 2 is 1.78 bits per heavy atom. The fourth-order valence-corrected chi connectivity index (χ4v) is 1.77. The van der Waals surface area contributed by atoms with Crippen LogP contribution in [0.2, 0.25) is 0 Å². The molecule has 2 aromatic rings. The summed E-state index contributed by atoms with van der Waals surface area (Å²) in [4.78, 5) is 11.7. The molecule has 0 aliphatic rings. The minimum atomic E-state index is -0.306. The molecule has 0 fully saturated rings. The predicted octanol–water partition coefficient (Wildman–Crippen LogP) is 3.96. The van der Waals surface area contributed by atoms with E-state index in [2.05, 4.69) is 0 Å². The SMILES string of the molecule is CC(=O)/C(=C\c1cccc(F)c1)c1ccccc1. The van der Waals surface area contributed by atoms with Crippen LogP contribution in [0.4, 0.5) is 4.39 Å².